The van der Waals surface area contributed by atoms with Crippen LogP contribution in [0, 0.1) is 58.7 Å². The van der Waals surface area contributed by atoms with Crippen LogP contribution in [0.3, 0.4) is 0 Å². The third-order valence-electron chi connectivity index (χ3n) is 14.3. The lowest BCUT2D eigenvalue weighted by atomic mass is 9.68. The SMILES string of the molecule is CCC(C(=O)NC1CCCCC1C(C)C)C(C(=O)NC1CCCCC1C(C)C)(C(=O)NC1CCCCC1C(C)C)C(=O)NC1CCCCC1C(C)C. The van der Waals surface area contributed by atoms with E-state index in [-0.39, 0.29) is 54.2 Å². The molecule has 4 aliphatic rings. The summed E-state index contributed by atoms with van der Waals surface area (Å²) in [6, 6.07) is -0.497. The van der Waals surface area contributed by atoms with Gasteiger partial charge in [-0.05, 0) is 105 Å². The first-order valence-corrected chi connectivity index (χ1v) is 22.0. The van der Waals surface area contributed by atoms with Gasteiger partial charge in [0.05, 0.1) is 5.92 Å². The van der Waals surface area contributed by atoms with Crippen molar-refractivity contribution in [1.29, 1.82) is 0 Å². The fourth-order valence-electron chi connectivity index (χ4n) is 11.1. The predicted molar refractivity (Wildman–Crippen MR) is 211 cm³/mol. The van der Waals surface area contributed by atoms with Gasteiger partial charge in [0.15, 0.2) is 0 Å². The molecule has 0 spiro atoms. The van der Waals surface area contributed by atoms with Gasteiger partial charge >= 0.3 is 0 Å². The molecule has 4 amide bonds. The number of nitrogens with one attached hydrogen (secondary N) is 4. The van der Waals surface area contributed by atoms with Crippen molar-refractivity contribution in [2.45, 2.75) is 196 Å². The van der Waals surface area contributed by atoms with Gasteiger partial charge in [-0.1, -0.05) is 114 Å². The molecule has 4 rings (SSSR count). The van der Waals surface area contributed by atoms with E-state index in [1.807, 2.05) is 6.92 Å². The lowest BCUT2D eigenvalue weighted by Crippen LogP contribution is -2.69. The zero-order chi connectivity index (χ0) is 38.2. The molecular weight excluding hydrogens is 649 g/mol. The van der Waals surface area contributed by atoms with Gasteiger partial charge in [0.2, 0.25) is 29.0 Å². The van der Waals surface area contributed by atoms with Crippen molar-refractivity contribution in [3.05, 3.63) is 0 Å². The van der Waals surface area contributed by atoms with Crippen molar-refractivity contribution in [3.63, 3.8) is 0 Å². The van der Waals surface area contributed by atoms with Crippen LogP contribution in [-0.4, -0.2) is 47.8 Å². The summed E-state index contributed by atoms with van der Waals surface area (Å²) in [4.78, 5) is 61.3. The zero-order valence-electron chi connectivity index (χ0n) is 34.7. The topological polar surface area (TPSA) is 116 Å². The number of hydrogen-bond donors (Lipinski definition) is 4. The second kappa shape index (κ2) is 19.5. The van der Waals surface area contributed by atoms with Crippen LogP contribution in [0.15, 0.2) is 0 Å². The van der Waals surface area contributed by atoms with Crippen LogP contribution >= 0.6 is 0 Å². The Bertz CT molecular complexity index is 1080. The zero-order valence-corrected chi connectivity index (χ0v) is 34.7. The van der Waals surface area contributed by atoms with Gasteiger partial charge < -0.3 is 21.3 Å². The monoisotopic (exact) mass is 727 g/mol. The van der Waals surface area contributed by atoms with E-state index in [1.165, 1.54) is 0 Å². The highest BCUT2D eigenvalue weighted by Gasteiger charge is 2.62. The minimum atomic E-state index is -2.24. The molecule has 4 fully saturated rings. The Hall–Kier alpha value is -2.12. The first-order valence-electron chi connectivity index (χ1n) is 22.0. The largest absolute Gasteiger partial charge is 0.353 e. The Morgan fingerprint density at radius 1 is 0.442 bits per heavy atom. The van der Waals surface area contributed by atoms with Crippen LogP contribution in [0.25, 0.3) is 0 Å². The Kier molecular flexibility index (Phi) is 16.0. The number of carbonyl (C=O) groups is 4. The summed E-state index contributed by atoms with van der Waals surface area (Å²) >= 11 is 0. The van der Waals surface area contributed by atoms with Crippen LogP contribution in [0.4, 0.5) is 0 Å². The highest BCUT2D eigenvalue weighted by atomic mass is 16.2. The van der Waals surface area contributed by atoms with Crippen molar-refractivity contribution >= 4 is 23.6 Å². The van der Waals surface area contributed by atoms with E-state index in [4.69, 9.17) is 0 Å². The third kappa shape index (κ3) is 9.75. The summed E-state index contributed by atoms with van der Waals surface area (Å²) in [5, 5.41) is 13.4. The van der Waals surface area contributed by atoms with Gasteiger partial charge in [0, 0.05) is 24.2 Å². The molecular formula is C44H78N4O4. The molecule has 9 unspecified atom stereocenters. The highest BCUT2D eigenvalue weighted by molar-refractivity contribution is 6.25. The minimum absolute atomic E-state index is 0.0434. The summed E-state index contributed by atoms with van der Waals surface area (Å²) in [7, 11) is 0. The molecule has 4 saturated carbocycles. The summed E-state index contributed by atoms with van der Waals surface area (Å²) in [6.45, 7) is 19.5. The molecule has 0 saturated heterocycles. The molecule has 0 bridgehead atoms. The molecule has 0 aromatic rings. The Morgan fingerprint density at radius 3 is 0.942 bits per heavy atom. The summed E-state index contributed by atoms with van der Waals surface area (Å²) < 4.78 is 0. The van der Waals surface area contributed by atoms with Gasteiger partial charge in [-0.25, -0.2) is 0 Å². The van der Waals surface area contributed by atoms with Gasteiger partial charge in [-0.15, -0.1) is 0 Å². The molecule has 0 aromatic heterocycles. The molecule has 8 heteroatoms. The van der Waals surface area contributed by atoms with E-state index in [9.17, 15) is 4.79 Å². The number of rotatable bonds is 14. The smallest absolute Gasteiger partial charge is 0.246 e. The molecule has 4 aliphatic carbocycles. The summed E-state index contributed by atoms with van der Waals surface area (Å²) in [5.41, 5.74) is -2.24. The maximum absolute atomic E-state index is 15.5. The van der Waals surface area contributed by atoms with Crippen LogP contribution < -0.4 is 21.3 Å². The Balaban J connectivity index is 1.84. The molecule has 0 aliphatic heterocycles. The average Bonchev–Trinajstić information content (AvgIpc) is 3.10. The molecule has 0 aromatic carbocycles. The van der Waals surface area contributed by atoms with Gasteiger partial charge in [-0.2, -0.15) is 0 Å². The van der Waals surface area contributed by atoms with Gasteiger partial charge in [0.25, 0.3) is 0 Å². The molecule has 8 nitrogen and oxygen atoms in total. The normalized spacial score (nSPS) is 31.9. The molecule has 9 atom stereocenters. The average molecular weight is 727 g/mol. The lowest BCUT2D eigenvalue weighted by Gasteiger charge is -2.44. The Labute approximate surface area is 317 Å². The summed E-state index contributed by atoms with van der Waals surface area (Å²) in [5.74, 6) is -0.754. The van der Waals surface area contributed by atoms with Gasteiger partial charge in [0.1, 0.15) is 0 Å². The van der Waals surface area contributed by atoms with Crippen molar-refractivity contribution in [3.8, 4) is 0 Å². The Morgan fingerprint density at radius 2 is 0.692 bits per heavy atom. The maximum atomic E-state index is 15.5. The van der Waals surface area contributed by atoms with Crippen molar-refractivity contribution in [2.24, 2.45) is 58.7 Å². The number of hydrogen-bond acceptors (Lipinski definition) is 4. The first-order chi connectivity index (χ1) is 24.7. The fourth-order valence-corrected chi connectivity index (χ4v) is 11.1. The first kappa shape index (κ1) is 42.6. The van der Waals surface area contributed by atoms with Crippen LogP contribution in [0.2, 0.25) is 0 Å². The van der Waals surface area contributed by atoms with Crippen LogP contribution in [0.5, 0.6) is 0 Å². The fraction of sp³-hybridized carbons (Fsp3) is 0.909. The minimum Gasteiger partial charge on any atom is -0.353 e. The van der Waals surface area contributed by atoms with E-state index in [0.29, 0.717) is 29.6 Å². The van der Waals surface area contributed by atoms with E-state index in [1.54, 1.807) is 0 Å². The highest BCUT2D eigenvalue weighted by Crippen LogP contribution is 2.40. The second-order valence-corrected chi connectivity index (χ2v) is 18.9. The van der Waals surface area contributed by atoms with E-state index in [2.05, 4.69) is 76.7 Å². The molecule has 298 valence electrons. The van der Waals surface area contributed by atoms with Crippen molar-refractivity contribution in [1.82, 2.24) is 21.3 Å². The molecule has 0 radical (unpaired) electrons. The van der Waals surface area contributed by atoms with E-state index < -0.39 is 29.1 Å². The summed E-state index contributed by atoms with van der Waals surface area (Å²) in [6.07, 6.45) is 16.0. The van der Waals surface area contributed by atoms with E-state index >= 15 is 14.4 Å². The maximum Gasteiger partial charge on any atom is 0.246 e. The number of amides is 4. The van der Waals surface area contributed by atoms with Crippen molar-refractivity contribution < 1.29 is 19.2 Å². The molecule has 4 N–H and O–H groups in total. The predicted octanol–water partition coefficient (Wildman–Crippen LogP) is 8.32. The second-order valence-electron chi connectivity index (χ2n) is 18.9. The number of carbonyl (C=O) groups excluding carboxylic acids is 4. The molecule has 52 heavy (non-hydrogen) atoms. The quantitative estimate of drug-likeness (QED) is 0.135. The third-order valence-corrected chi connectivity index (χ3v) is 14.3. The molecule has 0 heterocycles. The van der Waals surface area contributed by atoms with Crippen LogP contribution in [-0.2, 0) is 19.2 Å². The van der Waals surface area contributed by atoms with Gasteiger partial charge in [-0.3, -0.25) is 19.2 Å². The van der Waals surface area contributed by atoms with E-state index in [0.717, 1.165) is 103 Å². The van der Waals surface area contributed by atoms with Crippen molar-refractivity contribution in [2.75, 3.05) is 0 Å². The van der Waals surface area contributed by atoms with Crippen LogP contribution in [0.1, 0.15) is 171 Å². The lowest BCUT2D eigenvalue weighted by molar-refractivity contribution is -0.163. The standard InChI is InChI=1S/C44H78N4O4/c1-10-35(40(49)45-36-23-15-11-19-31(36)27(2)3)44(41(50)46-37-24-16-12-20-32(37)28(4)5,42(51)47-38-25-17-13-21-33(38)29(6)7)43(52)48-39-26-18-14-22-34(39)30(8)9/h27-39H,10-26H2,1-9H3,(H,45,49)(H,46,50)(H,47,51)(H,48,52).